The van der Waals surface area contributed by atoms with Crippen molar-refractivity contribution >= 4 is 29.9 Å². The van der Waals surface area contributed by atoms with Gasteiger partial charge in [-0.2, -0.15) is 0 Å². The predicted octanol–water partition coefficient (Wildman–Crippen LogP) is 2.78. The summed E-state index contributed by atoms with van der Waals surface area (Å²) in [5.74, 6) is 1.68. The maximum atomic E-state index is 5.74. The standard InChI is InChI=1S/C15H25N3O.HI/c1-15(2,3)12-7-6-8-13(11-12)19-10-9-18-14(16-4)17-5;/h6-8,11H,9-10H2,1-5H3,(H2,16,17,18);1H. The van der Waals surface area contributed by atoms with Crippen molar-refractivity contribution in [1.29, 1.82) is 0 Å². The largest absolute Gasteiger partial charge is 0.492 e. The van der Waals surface area contributed by atoms with E-state index in [1.165, 1.54) is 5.56 Å². The minimum absolute atomic E-state index is 0. The van der Waals surface area contributed by atoms with Crippen LogP contribution in [0.15, 0.2) is 29.3 Å². The summed E-state index contributed by atoms with van der Waals surface area (Å²) in [6.07, 6.45) is 0. The average Bonchev–Trinajstić information content (AvgIpc) is 2.38. The Hall–Kier alpha value is -0.980. The number of nitrogens with zero attached hydrogens (tertiary/aromatic N) is 1. The van der Waals surface area contributed by atoms with Gasteiger partial charge in [0.15, 0.2) is 5.96 Å². The summed E-state index contributed by atoms with van der Waals surface area (Å²) in [6.45, 7) is 7.92. The van der Waals surface area contributed by atoms with Crippen molar-refractivity contribution in [3.8, 4) is 5.75 Å². The van der Waals surface area contributed by atoms with Crippen LogP contribution in [0.1, 0.15) is 26.3 Å². The Bertz CT molecular complexity index is 427. The second-order valence-electron chi connectivity index (χ2n) is 5.38. The van der Waals surface area contributed by atoms with Gasteiger partial charge in [-0.1, -0.05) is 32.9 Å². The van der Waals surface area contributed by atoms with Crippen LogP contribution in [-0.2, 0) is 5.41 Å². The minimum Gasteiger partial charge on any atom is -0.492 e. The van der Waals surface area contributed by atoms with E-state index in [2.05, 4.69) is 48.5 Å². The van der Waals surface area contributed by atoms with Crippen LogP contribution in [0.2, 0.25) is 0 Å². The molecule has 0 unspecified atom stereocenters. The lowest BCUT2D eigenvalue weighted by atomic mass is 9.87. The molecule has 0 fully saturated rings. The number of benzene rings is 1. The number of nitrogens with one attached hydrogen (secondary N) is 2. The van der Waals surface area contributed by atoms with Crippen molar-refractivity contribution in [1.82, 2.24) is 10.6 Å². The molecule has 1 rings (SSSR count). The lowest BCUT2D eigenvalue weighted by molar-refractivity contribution is 0.321. The van der Waals surface area contributed by atoms with Gasteiger partial charge in [0.25, 0.3) is 0 Å². The zero-order valence-corrected chi connectivity index (χ0v) is 15.3. The van der Waals surface area contributed by atoms with Crippen LogP contribution in [-0.4, -0.2) is 33.2 Å². The summed E-state index contributed by atoms with van der Waals surface area (Å²) in [5, 5.41) is 6.11. The molecule has 20 heavy (non-hydrogen) atoms. The molecule has 1 aromatic rings. The summed E-state index contributed by atoms with van der Waals surface area (Å²) in [7, 11) is 3.58. The molecule has 0 saturated heterocycles. The van der Waals surface area contributed by atoms with E-state index in [0.29, 0.717) is 13.2 Å². The van der Waals surface area contributed by atoms with E-state index in [0.717, 1.165) is 11.7 Å². The van der Waals surface area contributed by atoms with Crippen molar-refractivity contribution < 1.29 is 4.74 Å². The Morgan fingerprint density at radius 2 is 2.00 bits per heavy atom. The molecule has 0 radical (unpaired) electrons. The molecule has 0 amide bonds. The van der Waals surface area contributed by atoms with Crippen LogP contribution >= 0.6 is 24.0 Å². The molecule has 0 aliphatic heterocycles. The molecule has 2 N–H and O–H groups in total. The molecule has 5 heteroatoms. The van der Waals surface area contributed by atoms with Gasteiger partial charge in [0, 0.05) is 14.1 Å². The van der Waals surface area contributed by atoms with Gasteiger partial charge in [0.2, 0.25) is 0 Å². The van der Waals surface area contributed by atoms with Crippen molar-refractivity contribution in [2.45, 2.75) is 26.2 Å². The van der Waals surface area contributed by atoms with Gasteiger partial charge < -0.3 is 15.4 Å². The van der Waals surface area contributed by atoms with Gasteiger partial charge in [-0.05, 0) is 23.1 Å². The number of aliphatic imine (C=N–C) groups is 1. The van der Waals surface area contributed by atoms with Crippen LogP contribution in [0.5, 0.6) is 5.75 Å². The minimum atomic E-state index is 0. The smallest absolute Gasteiger partial charge is 0.190 e. The molecule has 0 aromatic heterocycles. The van der Waals surface area contributed by atoms with Crippen molar-refractivity contribution in [2.24, 2.45) is 4.99 Å². The Morgan fingerprint density at radius 3 is 2.55 bits per heavy atom. The molecule has 0 saturated carbocycles. The number of hydrogen-bond acceptors (Lipinski definition) is 2. The molecular formula is C15H26IN3O. The highest BCUT2D eigenvalue weighted by Crippen LogP contribution is 2.25. The van der Waals surface area contributed by atoms with Crippen molar-refractivity contribution in [3.63, 3.8) is 0 Å². The van der Waals surface area contributed by atoms with E-state index in [4.69, 9.17) is 4.74 Å². The van der Waals surface area contributed by atoms with Crippen LogP contribution in [0, 0.1) is 0 Å². The summed E-state index contributed by atoms with van der Waals surface area (Å²) in [5.41, 5.74) is 1.43. The summed E-state index contributed by atoms with van der Waals surface area (Å²) < 4.78 is 5.74. The third-order valence-corrected chi connectivity index (χ3v) is 2.82. The highest BCUT2D eigenvalue weighted by Gasteiger charge is 2.13. The molecule has 1 aromatic carbocycles. The fourth-order valence-electron chi connectivity index (χ4n) is 1.67. The van der Waals surface area contributed by atoms with Gasteiger partial charge in [0.05, 0.1) is 6.54 Å². The first-order valence-electron chi connectivity index (χ1n) is 6.59. The highest BCUT2D eigenvalue weighted by molar-refractivity contribution is 14.0. The molecule has 0 spiro atoms. The first-order chi connectivity index (χ1) is 8.97. The predicted molar refractivity (Wildman–Crippen MR) is 96.5 cm³/mol. The van der Waals surface area contributed by atoms with Crippen LogP contribution in [0.25, 0.3) is 0 Å². The van der Waals surface area contributed by atoms with Gasteiger partial charge in [0.1, 0.15) is 12.4 Å². The zero-order chi connectivity index (χ0) is 14.3. The second-order valence-corrected chi connectivity index (χ2v) is 5.38. The summed E-state index contributed by atoms with van der Waals surface area (Å²) >= 11 is 0. The third kappa shape index (κ3) is 6.45. The first kappa shape index (κ1) is 19.0. The molecule has 114 valence electrons. The number of halogens is 1. The number of rotatable bonds is 4. The Morgan fingerprint density at radius 1 is 1.30 bits per heavy atom. The fourth-order valence-corrected chi connectivity index (χ4v) is 1.67. The maximum absolute atomic E-state index is 5.74. The second kappa shape index (κ2) is 9.05. The number of guanidine groups is 1. The van der Waals surface area contributed by atoms with E-state index in [9.17, 15) is 0 Å². The molecule has 0 aliphatic carbocycles. The van der Waals surface area contributed by atoms with Crippen LogP contribution < -0.4 is 15.4 Å². The lowest BCUT2D eigenvalue weighted by Crippen LogP contribution is -2.37. The molecule has 0 atom stereocenters. The Kier molecular flexibility index (Phi) is 8.60. The first-order valence-corrected chi connectivity index (χ1v) is 6.59. The van der Waals surface area contributed by atoms with Gasteiger partial charge in [-0.3, -0.25) is 4.99 Å². The molecule has 0 aliphatic rings. The van der Waals surface area contributed by atoms with E-state index in [-0.39, 0.29) is 29.4 Å². The molecular weight excluding hydrogens is 365 g/mol. The molecule has 0 heterocycles. The number of ether oxygens (including phenoxy) is 1. The Labute approximate surface area is 139 Å². The number of hydrogen-bond donors (Lipinski definition) is 2. The van der Waals surface area contributed by atoms with E-state index in [1.54, 1.807) is 7.05 Å². The van der Waals surface area contributed by atoms with Gasteiger partial charge in [-0.25, -0.2) is 0 Å². The van der Waals surface area contributed by atoms with Crippen molar-refractivity contribution in [2.75, 3.05) is 27.2 Å². The quantitative estimate of drug-likeness (QED) is 0.359. The average molecular weight is 391 g/mol. The molecule has 0 bridgehead atoms. The zero-order valence-electron chi connectivity index (χ0n) is 13.0. The van der Waals surface area contributed by atoms with Crippen LogP contribution in [0.3, 0.4) is 0 Å². The highest BCUT2D eigenvalue weighted by atomic mass is 127. The summed E-state index contributed by atoms with van der Waals surface area (Å²) in [4.78, 5) is 4.04. The van der Waals surface area contributed by atoms with E-state index < -0.39 is 0 Å². The van der Waals surface area contributed by atoms with Crippen molar-refractivity contribution in [3.05, 3.63) is 29.8 Å². The SMILES string of the molecule is CN=C(NC)NCCOc1cccc(C(C)(C)C)c1.I. The lowest BCUT2D eigenvalue weighted by Gasteiger charge is -2.19. The van der Waals surface area contributed by atoms with E-state index >= 15 is 0 Å². The molecule has 4 nitrogen and oxygen atoms in total. The topological polar surface area (TPSA) is 45.7 Å². The van der Waals surface area contributed by atoms with Crippen LogP contribution in [0.4, 0.5) is 0 Å². The third-order valence-electron chi connectivity index (χ3n) is 2.82. The van der Waals surface area contributed by atoms with Gasteiger partial charge in [-0.15, -0.1) is 24.0 Å². The van der Waals surface area contributed by atoms with Gasteiger partial charge >= 0.3 is 0 Å². The summed E-state index contributed by atoms with van der Waals surface area (Å²) in [6, 6.07) is 8.26. The van der Waals surface area contributed by atoms with E-state index in [1.807, 2.05) is 19.2 Å². The monoisotopic (exact) mass is 391 g/mol. The normalized spacial score (nSPS) is 11.6. The Balaban J connectivity index is 0.00000361. The fraction of sp³-hybridized carbons (Fsp3) is 0.533. The maximum Gasteiger partial charge on any atom is 0.190 e.